The number of anilines is 1. The lowest BCUT2D eigenvalue weighted by Gasteiger charge is -2.23. The summed E-state index contributed by atoms with van der Waals surface area (Å²) >= 11 is 0. The normalized spacial score (nSPS) is 19.7. The van der Waals surface area contributed by atoms with E-state index >= 15 is 0 Å². The van der Waals surface area contributed by atoms with Crippen molar-refractivity contribution in [1.82, 2.24) is 0 Å². The molecule has 1 aliphatic rings. The van der Waals surface area contributed by atoms with E-state index < -0.39 is 15.6 Å². The lowest BCUT2D eigenvalue weighted by molar-refractivity contribution is -0.116. The summed E-state index contributed by atoms with van der Waals surface area (Å²) in [6.45, 7) is 0.513. The lowest BCUT2D eigenvalue weighted by atomic mass is 10.0. The summed E-state index contributed by atoms with van der Waals surface area (Å²) in [5, 5.41) is 0. The van der Waals surface area contributed by atoms with Crippen LogP contribution in [0.25, 0.3) is 0 Å². The predicted octanol–water partition coefficient (Wildman–Crippen LogP) is 0.858. The number of fused-ring (bicyclic) bond motifs is 1. The number of sulfone groups is 1. The predicted molar refractivity (Wildman–Crippen MR) is 74.7 cm³/mol. The summed E-state index contributed by atoms with van der Waals surface area (Å²) in [4.78, 5) is 13.7. The molecule has 104 valence electrons. The molecule has 2 rings (SSSR count). The molecule has 0 radical (unpaired) electrons. The van der Waals surface area contributed by atoms with E-state index in [4.69, 9.17) is 5.73 Å². The number of hydrogen-bond donors (Lipinski definition) is 1. The number of amides is 1. The Bertz CT molecular complexity index is 583. The van der Waals surface area contributed by atoms with Crippen molar-refractivity contribution in [2.75, 3.05) is 23.5 Å². The highest BCUT2D eigenvalue weighted by molar-refractivity contribution is 7.91. The molecule has 1 unspecified atom stereocenters. The van der Waals surface area contributed by atoms with Crippen molar-refractivity contribution in [1.29, 1.82) is 0 Å². The maximum Gasteiger partial charge on any atom is 0.242 e. The van der Waals surface area contributed by atoms with Gasteiger partial charge in [-0.3, -0.25) is 4.79 Å². The van der Waals surface area contributed by atoms with Gasteiger partial charge in [0.05, 0.1) is 0 Å². The molecule has 1 aromatic carbocycles. The Balaban J connectivity index is 2.36. The smallest absolute Gasteiger partial charge is 0.242 e. The third kappa shape index (κ3) is 3.33. The molecule has 1 heterocycles. The minimum absolute atomic E-state index is 0.104. The first-order valence-electron chi connectivity index (χ1n) is 6.21. The van der Waals surface area contributed by atoms with Gasteiger partial charge in [0.2, 0.25) is 5.91 Å². The molecule has 0 saturated carbocycles. The van der Waals surface area contributed by atoms with Gasteiger partial charge in [0.15, 0.2) is 9.84 Å². The number of benzene rings is 1. The van der Waals surface area contributed by atoms with E-state index in [1.54, 1.807) is 4.90 Å². The molecule has 0 saturated heterocycles. The van der Waals surface area contributed by atoms with Crippen LogP contribution in [0, 0.1) is 0 Å². The number of rotatable bonds is 2. The molecule has 1 amide bonds. The van der Waals surface area contributed by atoms with Crippen LogP contribution < -0.4 is 10.6 Å². The van der Waals surface area contributed by atoms with Crippen molar-refractivity contribution in [2.45, 2.75) is 18.9 Å². The van der Waals surface area contributed by atoms with Crippen LogP contribution in [-0.4, -0.2) is 32.9 Å². The van der Waals surface area contributed by atoms with Gasteiger partial charge in [-0.25, -0.2) is 8.42 Å². The van der Waals surface area contributed by atoms with Crippen LogP contribution in [-0.2, 0) is 14.6 Å². The van der Waals surface area contributed by atoms with Crippen LogP contribution in [0.5, 0.6) is 0 Å². The second kappa shape index (κ2) is 5.30. The highest BCUT2D eigenvalue weighted by atomic mass is 32.2. The Kier molecular flexibility index (Phi) is 3.91. The van der Waals surface area contributed by atoms with E-state index in [9.17, 15) is 13.2 Å². The van der Waals surface area contributed by atoms with Gasteiger partial charge in [-0.05, 0) is 24.5 Å². The SMILES string of the molecule is CS(=O)(=O)CC(=O)N1CCCC(N)c2ccccc21. The zero-order chi connectivity index (χ0) is 14.0. The summed E-state index contributed by atoms with van der Waals surface area (Å²) in [6, 6.07) is 7.32. The number of para-hydroxylation sites is 1. The van der Waals surface area contributed by atoms with Gasteiger partial charge < -0.3 is 10.6 Å². The van der Waals surface area contributed by atoms with E-state index in [0.717, 1.165) is 30.3 Å². The average Bonchev–Trinajstić information content (AvgIpc) is 2.47. The van der Waals surface area contributed by atoms with Crippen LogP contribution in [0.15, 0.2) is 24.3 Å². The van der Waals surface area contributed by atoms with Crippen molar-refractivity contribution in [3.8, 4) is 0 Å². The topological polar surface area (TPSA) is 80.5 Å². The van der Waals surface area contributed by atoms with Crippen LogP contribution in [0.3, 0.4) is 0 Å². The number of nitrogens with two attached hydrogens (primary N) is 1. The quantitative estimate of drug-likeness (QED) is 0.872. The maximum absolute atomic E-state index is 12.1. The minimum Gasteiger partial charge on any atom is -0.324 e. The van der Waals surface area contributed by atoms with Gasteiger partial charge in [-0.15, -0.1) is 0 Å². The number of carbonyl (C=O) groups excluding carboxylic acids is 1. The summed E-state index contributed by atoms with van der Waals surface area (Å²) < 4.78 is 22.5. The Labute approximate surface area is 113 Å². The lowest BCUT2D eigenvalue weighted by Crippen LogP contribution is -2.36. The molecule has 5 nitrogen and oxygen atoms in total. The molecular weight excluding hydrogens is 264 g/mol. The Morgan fingerprint density at radius 2 is 2.11 bits per heavy atom. The average molecular weight is 282 g/mol. The highest BCUT2D eigenvalue weighted by Gasteiger charge is 2.26. The van der Waals surface area contributed by atoms with Gasteiger partial charge in [-0.1, -0.05) is 18.2 Å². The molecule has 0 bridgehead atoms. The molecule has 0 spiro atoms. The first-order chi connectivity index (χ1) is 8.88. The molecule has 0 aliphatic carbocycles. The first-order valence-corrected chi connectivity index (χ1v) is 8.27. The second-order valence-corrected chi connectivity index (χ2v) is 7.06. The van der Waals surface area contributed by atoms with Gasteiger partial charge in [0.25, 0.3) is 0 Å². The van der Waals surface area contributed by atoms with Crippen LogP contribution in [0.4, 0.5) is 5.69 Å². The molecule has 0 aromatic heterocycles. The van der Waals surface area contributed by atoms with Gasteiger partial charge in [0, 0.05) is 24.5 Å². The Hall–Kier alpha value is -1.40. The first kappa shape index (κ1) is 14.0. The van der Waals surface area contributed by atoms with Gasteiger partial charge in [0.1, 0.15) is 5.75 Å². The highest BCUT2D eigenvalue weighted by Crippen LogP contribution is 2.31. The molecular formula is C13H18N2O3S. The van der Waals surface area contributed by atoms with Crippen LogP contribution in [0.1, 0.15) is 24.4 Å². The zero-order valence-electron chi connectivity index (χ0n) is 10.9. The fourth-order valence-electron chi connectivity index (χ4n) is 2.35. The molecule has 19 heavy (non-hydrogen) atoms. The van der Waals surface area contributed by atoms with E-state index in [1.165, 1.54) is 0 Å². The largest absolute Gasteiger partial charge is 0.324 e. The molecule has 1 aromatic rings. The minimum atomic E-state index is -3.32. The van der Waals surface area contributed by atoms with Crippen LogP contribution in [0.2, 0.25) is 0 Å². The van der Waals surface area contributed by atoms with Crippen molar-refractivity contribution in [3.05, 3.63) is 29.8 Å². The molecule has 6 heteroatoms. The van der Waals surface area contributed by atoms with E-state index in [0.29, 0.717) is 6.54 Å². The van der Waals surface area contributed by atoms with Crippen LogP contribution >= 0.6 is 0 Å². The van der Waals surface area contributed by atoms with E-state index in [2.05, 4.69) is 0 Å². The monoisotopic (exact) mass is 282 g/mol. The van der Waals surface area contributed by atoms with Gasteiger partial charge >= 0.3 is 0 Å². The standard InChI is InChI=1S/C13H18N2O3S/c1-19(17,18)9-13(16)15-8-4-6-11(14)10-5-2-3-7-12(10)15/h2-3,5,7,11H,4,6,8-9,14H2,1H3. The molecule has 1 aliphatic heterocycles. The second-order valence-electron chi connectivity index (χ2n) is 4.92. The number of nitrogens with zero attached hydrogens (tertiary/aromatic N) is 1. The van der Waals surface area contributed by atoms with Crippen molar-refractivity contribution < 1.29 is 13.2 Å². The molecule has 2 N–H and O–H groups in total. The third-order valence-electron chi connectivity index (χ3n) is 3.21. The zero-order valence-corrected chi connectivity index (χ0v) is 11.7. The molecule has 0 fully saturated rings. The fraction of sp³-hybridized carbons (Fsp3) is 0.462. The Morgan fingerprint density at radius 3 is 2.79 bits per heavy atom. The number of carbonyl (C=O) groups is 1. The van der Waals surface area contributed by atoms with Crippen molar-refractivity contribution in [2.24, 2.45) is 5.73 Å². The summed E-state index contributed by atoms with van der Waals surface area (Å²) in [5.41, 5.74) is 7.72. The van der Waals surface area contributed by atoms with Crippen molar-refractivity contribution in [3.63, 3.8) is 0 Å². The van der Waals surface area contributed by atoms with Crippen molar-refractivity contribution >= 4 is 21.4 Å². The summed E-state index contributed by atoms with van der Waals surface area (Å²) in [5.74, 6) is -0.847. The summed E-state index contributed by atoms with van der Waals surface area (Å²) in [6.07, 6.45) is 2.63. The van der Waals surface area contributed by atoms with Gasteiger partial charge in [-0.2, -0.15) is 0 Å². The third-order valence-corrected chi connectivity index (χ3v) is 3.98. The maximum atomic E-state index is 12.1. The summed E-state index contributed by atoms with van der Waals surface area (Å²) in [7, 11) is -3.32. The van der Waals surface area contributed by atoms with E-state index in [1.807, 2.05) is 24.3 Å². The van der Waals surface area contributed by atoms with E-state index in [-0.39, 0.29) is 11.9 Å². The number of hydrogen-bond acceptors (Lipinski definition) is 4. The fourth-order valence-corrected chi connectivity index (χ4v) is 2.96. The Morgan fingerprint density at radius 1 is 1.42 bits per heavy atom. The molecule has 1 atom stereocenters.